The van der Waals surface area contributed by atoms with Crippen LogP contribution < -0.4 is 0 Å². The number of rotatable bonds is 5. The topological polar surface area (TPSA) is 42.0 Å². The minimum atomic E-state index is -0.344. The Morgan fingerprint density at radius 1 is 1.19 bits per heavy atom. The molecule has 0 aromatic heterocycles. The van der Waals surface area contributed by atoms with Gasteiger partial charge in [-0.05, 0) is 39.0 Å². The third-order valence-corrected chi connectivity index (χ3v) is 4.84. The molecule has 0 N–H and O–H groups in total. The Labute approximate surface area is 127 Å². The summed E-state index contributed by atoms with van der Waals surface area (Å²) in [7, 11) is 0. The number of ether oxygens (including phenoxy) is 2. The van der Waals surface area contributed by atoms with Gasteiger partial charge < -0.3 is 14.4 Å². The van der Waals surface area contributed by atoms with Crippen molar-refractivity contribution in [3.05, 3.63) is 0 Å². The zero-order chi connectivity index (χ0) is 14.7. The molecular formula is C16H28N2O3. The third-order valence-electron chi connectivity index (χ3n) is 4.84. The largest absolute Gasteiger partial charge is 0.376 e. The van der Waals surface area contributed by atoms with Crippen LogP contribution in [0.4, 0.5) is 0 Å². The first kappa shape index (κ1) is 15.3. The SMILES string of the molecule is CC(OCC1CCCCO1)C(=O)N1CCN(C2CC2)CC1. The summed E-state index contributed by atoms with van der Waals surface area (Å²) in [5, 5.41) is 0. The van der Waals surface area contributed by atoms with Crippen LogP contribution in [-0.2, 0) is 14.3 Å². The van der Waals surface area contributed by atoms with Crippen molar-refractivity contribution in [1.82, 2.24) is 9.80 Å². The van der Waals surface area contributed by atoms with Gasteiger partial charge in [0.15, 0.2) is 0 Å². The van der Waals surface area contributed by atoms with Gasteiger partial charge in [-0.3, -0.25) is 9.69 Å². The van der Waals surface area contributed by atoms with E-state index in [1.165, 1.54) is 19.3 Å². The summed E-state index contributed by atoms with van der Waals surface area (Å²) >= 11 is 0. The quantitative estimate of drug-likeness (QED) is 0.766. The highest BCUT2D eigenvalue weighted by Gasteiger charge is 2.33. The molecule has 3 aliphatic rings. The highest BCUT2D eigenvalue weighted by molar-refractivity contribution is 5.80. The smallest absolute Gasteiger partial charge is 0.251 e. The van der Waals surface area contributed by atoms with E-state index < -0.39 is 0 Å². The maximum atomic E-state index is 12.4. The maximum Gasteiger partial charge on any atom is 0.251 e. The Morgan fingerprint density at radius 3 is 2.57 bits per heavy atom. The fraction of sp³-hybridized carbons (Fsp3) is 0.938. The molecule has 2 atom stereocenters. The Hall–Kier alpha value is -0.650. The molecule has 0 aromatic rings. The van der Waals surface area contributed by atoms with Crippen LogP contribution in [-0.4, -0.2) is 73.3 Å². The Morgan fingerprint density at radius 2 is 1.95 bits per heavy atom. The summed E-state index contributed by atoms with van der Waals surface area (Å²) in [6.07, 6.45) is 5.93. The molecule has 5 heteroatoms. The lowest BCUT2D eigenvalue weighted by Gasteiger charge is -2.36. The van der Waals surface area contributed by atoms with Crippen molar-refractivity contribution < 1.29 is 14.3 Å². The molecule has 5 nitrogen and oxygen atoms in total. The molecule has 2 unspecified atom stereocenters. The summed E-state index contributed by atoms with van der Waals surface area (Å²) in [5.41, 5.74) is 0. The van der Waals surface area contributed by atoms with Crippen LogP contribution in [0, 0.1) is 0 Å². The second-order valence-corrected chi connectivity index (χ2v) is 6.56. The fourth-order valence-electron chi connectivity index (χ4n) is 3.27. The molecule has 2 aliphatic heterocycles. The predicted molar refractivity (Wildman–Crippen MR) is 80.2 cm³/mol. The van der Waals surface area contributed by atoms with Gasteiger partial charge in [-0.15, -0.1) is 0 Å². The van der Waals surface area contributed by atoms with E-state index in [2.05, 4.69) is 4.90 Å². The van der Waals surface area contributed by atoms with Crippen molar-refractivity contribution in [2.24, 2.45) is 0 Å². The van der Waals surface area contributed by atoms with E-state index in [4.69, 9.17) is 9.47 Å². The van der Waals surface area contributed by atoms with E-state index >= 15 is 0 Å². The molecule has 1 aliphatic carbocycles. The van der Waals surface area contributed by atoms with Gasteiger partial charge in [0.2, 0.25) is 0 Å². The van der Waals surface area contributed by atoms with Crippen molar-refractivity contribution in [2.45, 2.75) is 57.3 Å². The van der Waals surface area contributed by atoms with Crippen LogP contribution in [0.25, 0.3) is 0 Å². The monoisotopic (exact) mass is 296 g/mol. The molecule has 1 amide bonds. The maximum absolute atomic E-state index is 12.4. The molecule has 2 saturated heterocycles. The lowest BCUT2D eigenvalue weighted by atomic mass is 10.1. The molecule has 0 bridgehead atoms. The van der Waals surface area contributed by atoms with Gasteiger partial charge in [0.25, 0.3) is 5.91 Å². The lowest BCUT2D eigenvalue weighted by Crippen LogP contribution is -2.52. The minimum absolute atomic E-state index is 0.140. The second-order valence-electron chi connectivity index (χ2n) is 6.56. The van der Waals surface area contributed by atoms with Gasteiger partial charge >= 0.3 is 0 Å². The van der Waals surface area contributed by atoms with Crippen molar-refractivity contribution in [2.75, 3.05) is 39.4 Å². The number of carbonyl (C=O) groups is 1. The standard InChI is InChI=1S/C16H28N2O3/c1-13(21-12-15-4-2-3-11-20-15)16(19)18-9-7-17(8-10-18)14-5-6-14/h13-15H,2-12H2,1H3. The van der Waals surface area contributed by atoms with Crippen LogP contribution >= 0.6 is 0 Å². The number of amides is 1. The molecule has 21 heavy (non-hydrogen) atoms. The number of carbonyl (C=O) groups excluding carboxylic acids is 1. The molecule has 3 fully saturated rings. The normalized spacial score (nSPS) is 29.4. The highest BCUT2D eigenvalue weighted by Crippen LogP contribution is 2.27. The number of nitrogens with zero attached hydrogens (tertiary/aromatic N) is 2. The zero-order valence-electron chi connectivity index (χ0n) is 13.1. The Balaban J connectivity index is 1.37. The van der Waals surface area contributed by atoms with Crippen molar-refractivity contribution in [1.29, 1.82) is 0 Å². The van der Waals surface area contributed by atoms with Gasteiger partial charge in [-0.25, -0.2) is 0 Å². The molecular weight excluding hydrogens is 268 g/mol. The zero-order valence-corrected chi connectivity index (χ0v) is 13.1. The van der Waals surface area contributed by atoms with Gasteiger partial charge in [0.05, 0.1) is 12.7 Å². The van der Waals surface area contributed by atoms with Crippen molar-refractivity contribution in [3.8, 4) is 0 Å². The van der Waals surface area contributed by atoms with Crippen LogP contribution in [0.15, 0.2) is 0 Å². The lowest BCUT2D eigenvalue weighted by molar-refractivity contribution is -0.147. The van der Waals surface area contributed by atoms with Crippen LogP contribution in [0.5, 0.6) is 0 Å². The van der Waals surface area contributed by atoms with Gasteiger partial charge in [0.1, 0.15) is 6.10 Å². The summed E-state index contributed by atoms with van der Waals surface area (Å²) in [6, 6.07) is 0.805. The van der Waals surface area contributed by atoms with E-state index in [0.717, 1.165) is 51.7 Å². The molecule has 120 valence electrons. The van der Waals surface area contributed by atoms with Crippen LogP contribution in [0.2, 0.25) is 0 Å². The van der Waals surface area contributed by atoms with E-state index in [9.17, 15) is 4.79 Å². The van der Waals surface area contributed by atoms with Crippen molar-refractivity contribution in [3.63, 3.8) is 0 Å². The molecule has 0 radical (unpaired) electrons. The van der Waals surface area contributed by atoms with Gasteiger partial charge in [-0.1, -0.05) is 0 Å². The first-order chi connectivity index (χ1) is 10.2. The molecule has 0 aromatic carbocycles. The summed E-state index contributed by atoms with van der Waals surface area (Å²) in [6.45, 7) is 7.00. The summed E-state index contributed by atoms with van der Waals surface area (Å²) in [4.78, 5) is 16.9. The van der Waals surface area contributed by atoms with Crippen molar-refractivity contribution >= 4 is 5.91 Å². The van der Waals surface area contributed by atoms with E-state index in [1.54, 1.807) is 0 Å². The van der Waals surface area contributed by atoms with E-state index in [-0.39, 0.29) is 18.1 Å². The average Bonchev–Trinajstić information content (AvgIpc) is 3.38. The first-order valence-corrected chi connectivity index (χ1v) is 8.50. The molecule has 1 saturated carbocycles. The molecule has 0 spiro atoms. The number of piperazine rings is 1. The average molecular weight is 296 g/mol. The fourth-order valence-corrected chi connectivity index (χ4v) is 3.27. The number of hydrogen-bond donors (Lipinski definition) is 0. The first-order valence-electron chi connectivity index (χ1n) is 8.50. The van der Waals surface area contributed by atoms with Crippen LogP contribution in [0.3, 0.4) is 0 Å². The second kappa shape index (κ2) is 7.07. The Bertz CT molecular complexity index is 345. The van der Waals surface area contributed by atoms with Gasteiger partial charge in [0, 0.05) is 38.8 Å². The molecule has 2 heterocycles. The minimum Gasteiger partial charge on any atom is -0.376 e. The summed E-state index contributed by atoms with van der Waals surface area (Å²) in [5.74, 6) is 0.140. The predicted octanol–water partition coefficient (Wildman–Crippen LogP) is 1.27. The number of hydrogen-bond acceptors (Lipinski definition) is 4. The highest BCUT2D eigenvalue weighted by atomic mass is 16.5. The third kappa shape index (κ3) is 4.18. The van der Waals surface area contributed by atoms with E-state index in [1.807, 2.05) is 11.8 Å². The Kier molecular flexibility index (Phi) is 5.14. The van der Waals surface area contributed by atoms with E-state index in [0.29, 0.717) is 6.61 Å². The van der Waals surface area contributed by atoms with Crippen LogP contribution in [0.1, 0.15) is 39.0 Å². The molecule has 3 rings (SSSR count). The van der Waals surface area contributed by atoms with Gasteiger partial charge in [-0.2, -0.15) is 0 Å². The summed E-state index contributed by atoms with van der Waals surface area (Å²) < 4.78 is 11.4.